The number of carbonyl (C=O) groups is 1. The third kappa shape index (κ3) is 3.09. The summed E-state index contributed by atoms with van der Waals surface area (Å²) in [5.41, 5.74) is 0.373. The highest BCUT2D eigenvalue weighted by Crippen LogP contribution is 2.13. The first kappa shape index (κ1) is 16.0. The van der Waals surface area contributed by atoms with Gasteiger partial charge in [-0.15, -0.1) is 0 Å². The highest BCUT2D eigenvalue weighted by atomic mass is 16.5. The largest absolute Gasteiger partial charge is 0.805 e. The molecule has 2 aromatic rings. The molecule has 0 aliphatic carbocycles. The summed E-state index contributed by atoms with van der Waals surface area (Å²) in [4.78, 5) is 26.6. The molecule has 1 aromatic carbocycles. The third-order valence-corrected chi connectivity index (χ3v) is 3.45. The summed E-state index contributed by atoms with van der Waals surface area (Å²) >= 11 is 0. The Labute approximate surface area is 128 Å². The molecule has 118 valence electrons. The second-order valence-electron chi connectivity index (χ2n) is 5.42. The number of carbonyl (C=O) groups excluding carboxylic acids is 1. The van der Waals surface area contributed by atoms with Crippen LogP contribution in [0, 0.1) is 17.0 Å². The van der Waals surface area contributed by atoms with Crippen LogP contribution in [-0.4, -0.2) is 42.7 Å². The van der Waals surface area contributed by atoms with Crippen molar-refractivity contribution in [3.8, 4) is 0 Å². The van der Waals surface area contributed by atoms with E-state index in [9.17, 15) is 14.9 Å². The highest BCUT2D eigenvalue weighted by molar-refractivity contribution is 5.93. The average molecular weight is 304 g/mol. The smallest absolute Gasteiger partial charge is 0.346 e. The maximum atomic E-state index is 12.4. The maximum Gasteiger partial charge on any atom is 0.346 e. The van der Waals surface area contributed by atoms with Gasteiger partial charge in [-0.05, 0) is 40.1 Å². The average Bonchev–Trinajstić information content (AvgIpc) is 2.49. The molecular weight excluding hydrogens is 284 g/mol. The molecule has 7 heteroatoms. The van der Waals surface area contributed by atoms with Crippen LogP contribution in [0.4, 0.5) is 0 Å². The molecule has 1 N–H and O–H groups in total. The van der Waals surface area contributed by atoms with Crippen LogP contribution in [0.3, 0.4) is 0 Å². The van der Waals surface area contributed by atoms with Crippen molar-refractivity contribution in [1.29, 1.82) is 0 Å². The van der Waals surface area contributed by atoms with Crippen molar-refractivity contribution in [3.63, 3.8) is 0 Å². The van der Waals surface area contributed by atoms with Crippen LogP contribution in [0.15, 0.2) is 24.3 Å². The van der Waals surface area contributed by atoms with E-state index >= 15 is 0 Å². The van der Waals surface area contributed by atoms with Gasteiger partial charge in [0.15, 0.2) is 0 Å². The van der Waals surface area contributed by atoms with E-state index in [1.165, 1.54) is 13.0 Å². The minimum Gasteiger partial charge on any atom is -0.805 e. The fraction of sp³-hybridized carbons (Fsp3) is 0.400. The van der Waals surface area contributed by atoms with Gasteiger partial charge in [0.2, 0.25) is 0 Å². The van der Waals surface area contributed by atoms with Gasteiger partial charge in [0.05, 0.1) is 10.1 Å². The molecule has 0 radical (unpaired) electrons. The maximum absolute atomic E-state index is 12.4. The van der Waals surface area contributed by atoms with Crippen molar-refractivity contribution in [2.45, 2.75) is 13.3 Å². The lowest BCUT2D eigenvalue weighted by molar-refractivity contribution is -0.468. The van der Waals surface area contributed by atoms with E-state index in [0.717, 1.165) is 13.0 Å². The standard InChI is InChI=1S/C15H20N4O3/c1-11-14(15(20)16-9-6-10-17(2)3)19(22)13-8-5-4-7-12(13)18(11)21/h4-5,7-8H,6,9-10H2,1-3H3,(H,16,20). The summed E-state index contributed by atoms with van der Waals surface area (Å²) in [5, 5.41) is 14.9. The molecule has 22 heavy (non-hydrogen) atoms. The van der Waals surface area contributed by atoms with Crippen LogP contribution >= 0.6 is 0 Å². The third-order valence-electron chi connectivity index (χ3n) is 3.45. The summed E-state index contributed by atoms with van der Waals surface area (Å²) in [6.07, 6.45) is 0.765. The fourth-order valence-corrected chi connectivity index (χ4v) is 2.29. The Kier molecular flexibility index (Phi) is 4.77. The van der Waals surface area contributed by atoms with E-state index in [1.807, 2.05) is 19.0 Å². The summed E-state index contributed by atoms with van der Waals surface area (Å²) in [6, 6.07) is 6.42. The first-order valence-corrected chi connectivity index (χ1v) is 7.11. The Morgan fingerprint density at radius 1 is 1.36 bits per heavy atom. The van der Waals surface area contributed by atoms with Gasteiger partial charge in [0.1, 0.15) is 5.52 Å². The van der Waals surface area contributed by atoms with Crippen molar-refractivity contribution in [1.82, 2.24) is 14.9 Å². The van der Waals surface area contributed by atoms with E-state index in [1.54, 1.807) is 18.2 Å². The predicted molar refractivity (Wildman–Crippen MR) is 84.3 cm³/mol. The molecule has 1 heterocycles. The van der Waals surface area contributed by atoms with Crippen LogP contribution in [-0.2, 0) is 0 Å². The van der Waals surface area contributed by atoms with Gasteiger partial charge in [-0.2, -0.15) is 0 Å². The first-order valence-electron chi connectivity index (χ1n) is 7.11. The Balaban J connectivity index is 2.31. The molecule has 0 bridgehead atoms. The van der Waals surface area contributed by atoms with Gasteiger partial charge in [-0.1, -0.05) is 12.1 Å². The number of fused-ring (bicyclic) bond motifs is 1. The molecule has 0 atom stereocenters. The van der Waals surface area contributed by atoms with Gasteiger partial charge >= 0.3 is 11.6 Å². The van der Waals surface area contributed by atoms with Crippen molar-refractivity contribution < 1.29 is 9.22 Å². The van der Waals surface area contributed by atoms with E-state index < -0.39 is 5.91 Å². The zero-order valence-electron chi connectivity index (χ0n) is 13.0. The molecule has 0 fully saturated rings. The normalized spacial score (nSPS) is 11.1. The van der Waals surface area contributed by atoms with Crippen molar-refractivity contribution in [3.05, 3.63) is 45.8 Å². The molecule has 2 rings (SSSR count). The van der Waals surface area contributed by atoms with Crippen LogP contribution in [0.1, 0.15) is 22.6 Å². The Morgan fingerprint density at radius 2 is 2.05 bits per heavy atom. The van der Waals surface area contributed by atoms with Crippen LogP contribution in [0.25, 0.3) is 11.0 Å². The molecule has 0 aliphatic rings. The van der Waals surface area contributed by atoms with E-state index in [2.05, 4.69) is 5.32 Å². The van der Waals surface area contributed by atoms with Crippen molar-refractivity contribution in [2.24, 2.45) is 0 Å². The van der Waals surface area contributed by atoms with E-state index in [-0.39, 0.29) is 22.4 Å². The molecular formula is C15H20N4O3. The summed E-state index contributed by atoms with van der Waals surface area (Å²) in [6.45, 7) is 2.75. The number of amides is 1. The second-order valence-corrected chi connectivity index (χ2v) is 5.42. The SMILES string of the molecule is Cc1c(C(=O)NCCCN(C)C)[n+](=O)c2ccccc2n1[O-]. The minimum atomic E-state index is -0.526. The zero-order valence-corrected chi connectivity index (χ0v) is 13.0. The van der Waals surface area contributed by atoms with Gasteiger partial charge in [0.25, 0.3) is 5.52 Å². The molecule has 0 unspecified atom stereocenters. The summed E-state index contributed by atoms with van der Waals surface area (Å²) < 4.78 is 1.15. The number of para-hydroxylation sites is 2. The quantitative estimate of drug-likeness (QED) is 0.657. The molecule has 7 nitrogen and oxygen atoms in total. The molecule has 0 aliphatic heterocycles. The molecule has 0 saturated heterocycles. The molecule has 1 aromatic heterocycles. The Hall–Kier alpha value is -2.41. The van der Waals surface area contributed by atoms with Crippen LogP contribution in [0.2, 0.25) is 0 Å². The Bertz CT molecular complexity index is 752. The lowest BCUT2D eigenvalue weighted by atomic mass is 10.2. The minimum absolute atomic E-state index is 0.0961. The number of aromatic nitrogens is 2. The number of hydrogen-bond acceptors (Lipinski definition) is 4. The lowest BCUT2D eigenvalue weighted by Gasteiger charge is -2.16. The predicted octanol–water partition coefficient (Wildman–Crippen LogP) is 0.892. The fourth-order valence-electron chi connectivity index (χ4n) is 2.29. The van der Waals surface area contributed by atoms with Gasteiger partial charge in [0, 0.05) is 17.5 Å². The number of benzene rings is 1. The monoisotopic (exact) mass is 304 g/mol. The number of rotatable bonds is 5. The number of nitrogens with one attached hydrogen (secondary N) is 1. The highest BCUT2D eigenvalue weighted by Gasteiger charge is 2.26. The summed E-state index contributed by atoms with van der Waals surface area (Å²) in [7, 11) is 3.89. The van der Waals surface area contributed by atoms with E-state index in [4.69, 9.17) is 0 Å². The van der Waals surface area contributed by atoms with Gasteiger partial charge < -0.3 is 20.2 Å². The van der Waals surface area contributed by atoms with E-state index in [0.29, 0.717) is 15.7 Å². The molecule has 0 spiro atoms. The van der Waals surface area contributed by atoms with Crippen LogP contribution in [0.5, 0.6) is 0 Å². The lowest BCUT2D eigenvalue weighted by Crippen LogP contribution is -2.37. The topological polar surface area (TPSA) is 83.3 Å². The summed E-state index contributed by atoms with van der Waals surface area (Å²) in [5.74, 6) is -0.526. The molecule has 0 saturated carbocycles. The first-order chi connectivity index (χ1) is 10.4. The number of nitrogens with zero attached hydrogens (tertiary/aromatic N) is 3. The second kappa shape index (κ2) is 6.57. The van der Waals surface area contributed by atoms with Gasteiger partial charge in [-0.3, -0.25) is 4.79 Å². The van der Waals surface area contributed by atoms with Crippen molar-refractivity contribution in [2.75, 3.05) is 27.2 Å². The number of hydrogen-bond donors (Lipinski definition) is 1. The van der Waals surface area contributed by atoms with Gasteiger partial charge in [-0.25, -0.2) is 0 Å². The zero-order chi connectivity index (χ0) is 16.3. The van der Waals surface area contributed by atoms with Crippen LogP contribution < -0.4 is 9.74 Å². The Morgan fingerprint density at radius 3 is 2.73 bits per heavy atom. The molecule has 1 amide bonds. The van der Waals surface area contributed by atoms with Crippen molar-refractivity contribution >= 4 is 16.9 Å².